The molecule has 3 aromatic rings. The number of anilines is 1. The van der Waals surface area contributed by atoms with Gasteiger partial charge in [-0.25, -0.2) is 4.98 Å². The summed E-state index contributed by atoms with van der Waals surface area (Å²) in [5, 5.41) is 0. The first-order chi connectivity index (χ1) is 10.1. The minimum atomic E-state index is 0.0787. The molecular formula is C18H19N3. The second kappa shape index (κ2) is 4.10. The van der Waals surface area contributed by atoms with Crippen molar-refractivity contribution < 1.29 is 0 Å². The van der Waals surface area contributed by atoms with Crippen molar-refractivity contribution in [3.05, 3.63) is 59.4 Å². The number of aromatic nitrogens is 2. The minimum Gasteiger partial charge on any atom is -0.399 e. The van der Waals surface area contributed by atoms with Gasteiger partial charge in [-0.05, 0) is 55.2 Å². The smallest absolute Gasteiger partial charge is 0.120 e. The highest BCUT2D eigenvalue weighted by molar-refractivity contribution is 5.77. The van der Waals surface area contributed by atoms with Gasteiger partial charge in [-0.15, -0.1) is 0 Å². The summed E-state index contributed by atoms with van der Waals surface area (Å²) in [4.78, 5) is 4.94. The van der Waals surface area contributed by atoms with E-state index in [2.05, 4.69) is 48.9 Å². The van der Waals surface area contributed by atoms with Gasteiger partial charge >= 0.3 is 0 Å². The zero-order valence-electron chi connectivity index (χ0n) is 12.4. The molecule has 3 nitrogen and oxygen atoms in total. The molecule has 0 amide bonds. The highest BCUT2D eigenvalue weighted by Crippen LogP contribution is 2.53. The van der Waals surface area contributed by atoms with E-state index in [4.69, 9.17) is 10.7 Å². The first kappa shape index (κ1) is 12.5. The SMILES string of the molecule is Cc1ccc2c(c1)nc(C1(c3ccc(N)cc3)CC1)n2C. The first-order valence-corrected chi connectivity index (χ1v) is 7.40. The monoisotopic (exact) mass is 277 g/mol. The Labute approximate surface area is 124 Å². The molecule has 1 saturated carbocycles. The van der Waals surface area contributed by atoms with Crippen molar-refractivity contribution in [1.29, 1.82) is 0 Å². The van der Waals surface area contributed by atoms with Gasteiger partial charge in [0, 0.05) is 12.7 Å². The molecule has 0 aliphatic heterocycles. The Morgan fingerprint density at radius 3 is 2.48 bits per heavy atom. The average molecular weight is 277 g/mol. The van der Waals surface area contributed by atoms with Crippen molar-refractivity contribution >= 4 is 16.7 Å². The molecule has 2 N–H and O–H groups in total. The third-order valence-corrected chi connectivity index (χ3v) is 4.68. The van der Waals surface area contributed by atoms with Crippen molar-refractivity contribution in [3.63, 3.8) is 0 Å². The molecular weight excluding hydrogens is 258 g/mol. The van der Waals surface area contributed by atoms with Crippen LogP contribution >= 0.6 is 0 Å². The normalized spacial score (nSPS) is 16.3. The molecule has 1 aromatic heterocycles. The summed E-state index contributed by atoms with van der Waals surface area (Å²) < 4.78 is 2.25. The van der Waals surface area contributed by atoms with E-state index in [1.54, 1.807) is 0 Å². The van der Waals surface area contributed by atoms with Crippen LogP contribution < -0.4 is 5.73 Å². The van der Waals surface area contributed by atoms with Crippen LogP contribution in [0.4, 0.5) is 5.69 Å². The third kappa shape index (κ3) is 1.77. The summed E-state index contributed by atoms with van der Waals surface area (Å²) in [5.41, 5.74) is 11.6. The van der Waals surface area contributed by atoms with Crippen LogP contribution in [0.15, 0.2) is 42.5 Å². The van der Waals surface area contributed by atoms with Gasteiger partial charge in [-0.2, -0.15) is 0 Å². The molecule has 21 heavy (non-hydrogen) atoms. The maximum Gasteiger partial charge on any atom is 0.120 e. The minimum absolute atomic E-state index is 0.0787. The van der Waals surface area contributed by atoms with E-state index in [1.165, 1.54) is 22.5 Å². The van der Waals surface area contributed by atoms with E-state index in [0.29, 0.717) is 0 Å². The molecule has 0 atom stereocenters. The summed E-state index contributed by atoms with van der Waals surface area (Å²) in [5.74, 6) is 1.17. The van der Waals surface area contributed by atoms with Crippen LogP contribution in [0.3, 0.4) is 0 Å². The predicted molar refractivity (Wildman–Crippen MR) is 86.3 cm³/mol. The predicted octanol–water partition coefficient (Wildman–Crippen LogP) is 3.54. The number of hydrogen-bond acceptors (Lipinski definition) is 2. The van der Waals surface area contributed by atoms with Crippen LogP contribution in [0, 0.1) is 6.92 Å². The summed E-state index contributed by atoms with van der Waals surface area (Å²) in [6, 6.07) is 14.7. The van der Waals surface area contributed by atoms with Crippen molar-refractivity contribution in [2.75, 3.05) is 5.73 Å². The van der Waals surface area contributed by atoms with E-state index < -0.39 is 0 Å². The van der Waals surface area contributed by atoms with Crippen molar-refractivity contribution in [2.45, 2.75) is 25.2 Å². The number of aryl methyl sites for hydroxylation is 2. The maximum atomic E-state index is 5.82. The van der Waals surface area contributed by atoms with Crippen LogP contribution in [0.2, 0.25) is 0 Å². The van der Waals surface area contributed by atoms with Gasteiger partial charge in [-0.1, -0.05) is 18.2 Å². The highest BCUT2D eigenvalue weighted by atomic mass is 15.1. The molecule has 3 heteroatoms. The molecule has 1 heterocycles. The Bertz CT molecular complexity index is 824. The highest BCUT2D eigenvalue weighted by Gasteiger charge is 2.49. The average Bonchev–Trinajstić information content (AvgIpc) is 3.20. The molecule has 0 radical (unpaired) electrons. The molecule has 2 aromatic carbocycles. The fourth-order valence-electron chi connectivity index (χ4n) is 3.31. The van der Waals surface area contributed by atoms with Gasteiger partial charge < -0.3 is 10.3 Å². The molecule has 1 aliphatic carbocycles. The van der Waals surface area contributed by atoms with E-state index in [9.17, 15) is 0 Å². The number of nitrogens with zero attached hydrogens (tertiary/aromatic N) is 2. The molecule has 1 aliphatic rings. The third-order valence-electron chi connectivity index (χ3n) is 4.68. The summed E-state index contributed by atoms with van der Waals surface area (Å²) >= 11 is 0. The number of hydrogen-bond donors (Lipinski definition) is 1. The Kier molecular flexibility index (Phi) is 2.43. The Morgan fingerprint density at radius 1 is 1.10 bits per heavy atom. The van der Waals surface area contributed by atoms with Crippen molar-refractivity contribution in [3.8, 4) is 0 Å². The summed E-state index contributed by atoms with van der Waals surface area (Å²) in [6.07, 6.45) is 2.32. The number of fused-ring (bicyclic) bond motifs is 1. The van der Waals surface area contributed by atoms with Gasteiger partial charge in [-0.3, -0.25) is 0 Å². The molecule has 106 valence electrons. The second-order valence-electron chi connectivity index (χ2n) is 6.19. The van der Waals surface area contributed by atoms with Gasteiger partial charge in [0.25, 0.3) is 0 Å². The molecule has 0 bridgehead atoms. The lowest BCUT2D eigenvalue weighted by Crippen LogP contribution is -2.14. The van der Waals surface area contributed by atoms with Crippen LogP contribution in [0.5, 0.6) is 0 Å². The van der Waals surface area contributed by atoms with Crippen molar-refractivity contribution in [2.24, 2.45) is 7.05 Å². The number of imidazole rings is 1. The fourth-order valence-corrected chi connectivity index (χ4v) is 3.31. The zero-order valence-corrected chi connectivity index (χ0v) is 12.4. The summed E-state index contributed by atoms with van der Waals surface area (Å²) in [6.45, 7) is 2.11. The first-order valence-electron chi connectivity index (χ1n) is 7.40. The fraction of sp³-hybridized carbons (Fsp3) is 0.278. The number of benzene rings is 2. The zero-order chi connectivity index (χ0) is 14.6. The molecule has 1 fully saturated rings. The lowest BCUT2D eigenvalue weighted by atomic mass is 9.95. The topological polar surface area (TPSA) is 43.8 Å². The number of nitrogens with two attached hydrogens (primary N) is 1. The number of nitrogen functional groups attached to an aromatic ring is 1. The lowest BCUT2D eigenvalue weighted by Gasteiger charge is -2.16. The van der Waals surface area contributed by atoms with Crippen LogP contribution in [0.1, 0.15) is 29.8 Å². The molecule has 0 saturated heterocycles. The standard InChI is InChI=1S/C18H19N3/c1-12-3-8-16-15(11-12)20-17(21(16)2)18(9-10-18)13-4-6-14(19)7-5-13/h3-8,11H,9-10,19H2,1-2H3. The molecule has 4 rings (SSSR count). The Morgan fingerprint density at radius 2 is 1.81 bits per heavy atom. The van der Waals surface area contributed by atoms with E-state index in [0.717, 1.165) is 24.0 Å². The van der Waals surface area contributed by atoms with Crippen LogP contribution in [-0.2, 0) is 12.5 Å². The van der Waals surface area contributed by atoms with Gasteiger partial charge in [0.15, 0.2) is 0 Å². The quantitative estimate of drug-likeness (QED) is 0.728. The van der Waals surface area contributed by atoms with E-state index in [-0.39, 0.29) is 5.41 Å². The van der Waals surface area contributed by atoms with Crippen molar-refractivity contribution in [1.82, 2.24) is 9.55 Å². The second-order valence-corrected chi connectivity index (χ2v) is 6.19. The van der Waals surface area contributed by atoms with E-state index >= 15 is 0 Å². The number of rotatable bonds is 2. The Hall–Kier alpha value is -2.29. The van der Waals surface area contributed by atoms with Crippen LogP contribution in [0.25, 0.3) is 11.0 Å². The maximum absolute atomic E-state index is 5.82. The van der Waals surface area contributed by atoms with Crippen LogP contribution in [-0.4, -0.2) is 9.55 Å². The molecule has 0 unspecified atom stereocenters. The Balaban J connectivity index is 1.89. The van der Waals surface area contributed by atoms with E-state index in [1.807, 2.05) is 12.1 Å². The lowest BCUT2D eigenvalue weighted by molar-refractivity contribution is 0.705. The summed E-state index contributed by atoms with van der Waals surface area (Å²) in [7, 11) is 2.12. The van der Waals surface area contributed by atoms with Gasteiger partial charge in [0.1, 0.15) is 5.82 Å². The molecule has 0 spiro atoms. The van der Waals surface area contributed by atoms with Gasteiger partial charge in [0.2, 0.25) is 0 Å². The van der Waals surface area contributed by atoms with Gasteiger partial charge in [0.05, 0.1) is 16.4 Å². The largest absolute Gasteiger partial charge is 0.399 e.